The third-order valence-corrected chi connectivity index (χ3v) is 6.90. The number of carbonyl (C=O) groups is 1. The van der Waals surface area contributed by atoms with E-state index in [1.165, 1.54) is 12.1 Å². The summed E-state index contributed by atoms with van der Waals surface area (Å²) in [6, 6.07) is 18.6. The molecule has 1 aromatic heterocycles. The fourth-order valence-corrected chi connectivity index (χ4v) is 4.74. The summed E-state index contributed by atoms with van der Waals surface area (Å²) in [7, 11) is 0. The summed E-state index contributed by atoms with van der Waals surface area (Å²) in [4.78, 5) is 24.2. The lowest BCUT2D eigenvalue weighted by Crippen LogP contribution is -2.35. The maximum absolute atomic E-state index is 13.3. The van der Waals surface area contributed by atoms with Gasteiger partial charge in [-0.15, -0.1) is 0 Å². The molecule has 6 nitrogen and oxygen atoms in total. The summed E-state index contributed by atoms with van der Waals surface area (Å²) < 4.78 is 18.9. The number of hydrogen-bond acceptors (Lipinski definition) is 6. The molecule has 0 fully saturated rings. The van der Waals surface area contributed by atoms with Crippen LogP contribution in [0.1, 0.15) is 45.7 Å². The van der Waals surface area contributed by atoms with Crippen molar-refractivity contribution in [1.82, 2.24) is 9.97 Å². The van der Waals surface area contributed by atoms with Crippen molar-refractivity contribution in [2.75, 3.05) is 16.8 Å². The molecule has 1 unspecified atom stereocenters. The number of nitrogens with one attached hydrogen (secondary N) is 1. The van der Waals surface area contributed by atoms with E-state index in [9.17, 15) is 9.18 Å². The van der Waals surface area contributed by atoms with Gasteiger partial charge in [-0.2, -0.15) is 4.98 Å². The molecule has 0 radical (unpaired) electrons. The molecular formula is C29H26ClFN4O2. The van der Waals surface area contributed by atoms with Gasteiger partial charge in [0.15, 0.2) is 0 Å². The van der Waals surface area contributed by atoms with Gasteiger partial charge in [0.1, 0.15) is 17.4 Å². The van der Waals surface area contributed by atoms with E-state index in [1.54, 1.807) is 36.4 Å². The number of nitrogens with zero attached hydrogens (tertiary/aromatic N) is 3. The Kier molecular flexibility index (Phi) is 6.80. The highest BCUT2D eigenvalue weighted by atomic mass is 35.5. The molecule has 2 heterocycles. The van der Waals surface area contributed by atoms with Crippen molar-refractivity contribution in [3.63, 3.8) is 0 Å². The number of ether oxygens (including phenoxy) is 1. The molecule has 0 aliphatic carbocycles. The minimum absolute atomic E-state index is 0.0492. The van der Waals surface area contributed by atoms with Gasteiger partial charge in [0.2, 0.25) is 5.95 Å². The lowest BCUT2D eigenvalue weighted by molar-refractivity contribution is 0.0734. The zero-order valence-corrected chi connectivity index (χ0v) is 21.5. The van der Waals surface area contributed by atoms with E-state index in [1.807, 2.05) is 32.0 Å². The Bertz CT molecular complexity index is 1480. The van der Waals surface area contributed by atoms with Crippen LogP contribution in [0.3, 0.4) is 0 Å². The van der Waals surface area contributed by atoms with Crippen LogP contribution in [0.2, 0.25) is 5.02 Å². The Hall–Kier alpha value is -3.97. The third kappa shape index (κ3) is 5.27. The summed E-state index contributed by atoms with van der Waals surface area (Å²) >= 11 is 6.00. The lowest BCUT2D eigenvalue weighted by Gasteiger charge is -2.37. The minimum atomic E-state index is -0.443. The quantitative estimate of drug-likeness (QED) is 0.228. The molecule has 1 aliphatic rings. The summed E-state index contributed by atoms with van der Waals surface area (Å²) in [6.07, 6.45) is 0.769. The van der Waals surface area contributed by atoms with Gasteiger partial charge < -0.3 is 15.0 Å². The molecular weight excluding hydrogens is 491 g/mol. The van der Waals surface area contributed by atoms with E-state index >= 15 is 0 Å². The second-order valence-corrected chi connectivity index (χ2v) is 9.53. The molecule has 8 heteroatoms. The zero-order chi connectivity index (χ0) is 26.1. The maximum atomic E-state index is 13.3. The van der Waals surface area contributed by atoms with Crippen molar-refractivity contribution in [3.8, 4) is 5.75 Å². The van der Waals surface area contributed by atoms with E-state index in [0.717, 1.165) is 41.2 Å². The highest BCUT2D eigenvalue weighted by Gasteiger charge is 2.27. The number of esters is 1. The van der Waals surface area contributed by atoms with Crippen LogP contribution >= 0.6 is 11.6 Å². The van der Waals surface area contributed by atoms with Gasteiger partial charge >= 0.3 is 5.97 Å². The SMILES string of the molecule is Cc1nc(Nc2ccc(F)cc2)nc(N2CCc3cc(OC(=O)c4cccc(Cl)c4)ccc3C2C)c1C. The molecule has 0 saturated carbocycles. The van der Waals surface area contributed by atoms with E-state index in [-0.39, 0.29) is 11.9 Å². The number of rotatable bonds is 5. The number of halogens is 2. The van der Waals surface area contributed by atoms with Crippen LogP contribution in [0.4, 0.5) is 21.8 Å². The molecule has 1 atom stereocenters. The molecule has 188 valence electrons. The molecule has 5 rings (SSSR count). The van der Waals surface area contributed by atoms with Crippen molar-refractivity contribution in [1.29, 1.82) is 0 Å². The number of hydrogen-bond donors (Lipinski definition) is 1. The molecule has 0 saturated heterocycles. The fraction of sp³-hybridized carbons (Fsp3) is 0.207. The zero-order valence-electron chi connectivity index (χ0n) is 20.8. The number of aromatic nitrogens is 2. The Morgan fingerprint density at radius 3 is 2.62 bits per heavy atom. The van der Waals surface area contributed by atoms with Crippen molar-refractivity contribution >= 4 is 35.0 Å². The Balaban J connectivity index is 1.37. The fourth-order valence-electron chi connectivity index (χ4n) is 4.55. The molecule has 1 aliphatic heterocycles. The van der Waals surface area contributed by atoms with Gasteiger partial charge in [-0.3, -0.25) is 0 Å². The van der Waals surface area contributed by atoms with E-state index in [2.05, 4.69) is 22.1 Å². The lowest BCUT2D eigenvalue weighted by atomic mass is 9.93. The molecule has 0 bridgehead atoms. The van der Waals surface area contributed by atoms with Gasteiger partial charge in [-0.05, 0) is 92.9 Å². The smallest absolute Gasteiger partial charge is 0.343 e. The standard InChI is InChI=1S/C29H26ClFN4O2/c1-17-18(2)32-29(33-24-9-7-23(31)8-10-24)34-27(17)35-14-13-20-16-25(11-12-26(20)19(35)3)37-28(36)21-5-4-6-22(30)15-21/h4-12,15-16,19H,13-14H2,1-3H3,(H,32,33,34). The van der Waals surface area contributed by atoms with Crippen LogP contribution in [-0.2, 0) is 6.42 Å². The first-order valence-corrected chi connectivity index (χ1v) is 12.4. The van der Waals surface area contributed by atoms with Crippen molar-refractivity contribution in [2.24, 2.45) is 0 Å². The second-order valence-electron chi connectivity index (χ2n) is 9.09. The Labute approximate surface area is 220 Å². The van der Waals surface area contributed by atoms with Crippen LogP contribution in [0.15, 0.2) is 66.7 Å². The van der Waals surface area contributed by atoms with Gasteiger partial charge in [0.05, 0.1) is 11.6 Å². The molecule has 0 amide bonds. The molecule has 37 heavy (non-hydrogen) atoms. The Morgan fingerprint density at radius 2 is 1.86 bits per heavy atom. The predicted octanol–water partition coefficient (Wildman–Crippen LogP) is 6.97. The third-order valence-electron chi connectivity index (χ3n) is 6.66. The van der Waals surface area contributed by atoms with Gasteiger partial charge in [0.25, 0.3) is 0 Å². The summed E-state index contributed by atoms with van der Waals surface area (Å²) in [6.45, 7) is 6.86. The highest BCUT2D eigenvalue weighted by molar-refractivity contribution is 6.30. The largest absolute Gasteiger partial charge is 0.423 e. The van der Waals surface area contributed by atoms with Gasteiger partial charge in [-0.1, -0.05) is 23.7 Å². The average molecular weight is 517 g/mol. The molecule has 3 aromatic carbocycles. The molecule has 0 spiro atoms. The highest BCUT2D eigenvalue weighted by Crippen LogP contribution is 2.36. The van der Waals surface area contributed by atoms with Crippen LogP contribution in [0.5, 0.6) is 5.75 Å². The number of aryl methyl sites for hydroxylation is 1. The number of benzene rings is 3. The number of fused-ring (bicyclic) bond motifs is 1. The second kappa shape index (κ2) is 10.2. The van der Waals surface area contributed by atoms with Crippen molar-refractivity contribution in [2.45, 2.75) is 33.2 Å². The molecule has 4 aromatic rings. The summed E-state index contributed by atoms with van der Waals surface area (Å²) in [5.41, 5.74) is 5.28. The van der Waals surface area contributed by atoms with Crippen molar-refractivity contribution < 1.29 is 13.9 Å². The van der Waals surface area contributed by atoms with Crippen LogP contribution < -0.4 is 15.0 Å². The first-order valence-electron chi connectivity index (χ1n) is 12.0. The van der Waals surface area contributed by atoms with Gasteiger partial charge in [-0.25, -0.2) is 14.2 Å². The predicted molar refractivity (Wildman–Crippen MR) is 144 cm³/mol. The van der Waals surface area contributed by atoms with Crippen LogP contribution in [0, 0.1) is 19.7 Å². The van der Waals surface area contributed by atoms with Gasteiger partial charge in [0, 0.05) is 28.5 Å². The topological polar surface area (TPSA) is 67.3 Å². The first-order chi connectivity index (χ1) is 17.8. The maximum Gasteiger partial charge on any atom is 0.343 e. The van der Waals surface area contributed by atoms with E-state index < -0.39 is 5.97 Å². The normalized spacial score (nSPS) is 14.7. The van der Waals surface area contributed by atoms with E-state index in [4.69, 9.17) is 21.3 Å². The monoisotopic (exact) mass is 516 g/mol. The summed E-state index contributed by atoms with van der Waals surface area (Å²) in [5.74, 6) is 1.08. The van der Waals surface area contributed by atoms with Crippen molar-refractivity contribution in [3.05, 3.63) is 106 Å². The number of carbonyl (C=O) groups excluding carboxylic acids is 1. The van der Waals surface area contributed by atoms with Crippen LogP contribution in [-0.4, -0.2) is 22.5 Å². The minimum Gasteiger partial charge on any atom is -0.423 e. The summed E-state index contributed by atoms with van der Waals surface area (Å²) in [5, 5.41) is 3.67. The van der Waals surface area contributed by atoms with E-state index in [0.29, 0.717) is 28.0 Å². The molecule has 1 N–H and O–H groups in total. The Morgan fingerprint density at radius 1 is 1.08 bits per heavy atom. The first kappa shape index (κ1) is 24.7. The number of anilines is 3. The average Bonchev–Trinajstić information content (AvgIpc) is 2.88. The van der Waals surface area contributed by atoms with Crippen LogP contribution in [0.25, 0.3) is 0 Å².